The molecule has 3 rings (SSSR count). The van der Waals surface area contributed by atoms with E-state index in [0.29, 0.717) is 6.10 Å². The summed E-state index contributed by atoms with van der Waals surface area (Å²) in [6.45, 7) is 6.02. The lowest BCUT2D eigenvalue weighted by Crippen LogP contribution is -2.29. The molecule has 0 amide bonds. The van der Waals surface area contributed by atoms with Gasteiger partial charge >= 0.3 is 0 Å². The molecule has 4 nitrogen and oxygen atoms in total. The fraction of sp³-hybridized carbons (Fsp3) is 0.412. The molecule has 3 N–H and O–H groups in total. The molecule has 1 heterocycles. The first-order chi connectivity index (χ1) is 10.1. The van der Waals surface area contributed by atoms with Crippen LogP contribution in [0.4, 0.5) is 0 Å². The summed E-state index contributed by atoms with van der Waals surface area (Å²) in [5.41, 5.74) is 6.27. The molecule has 1 atom stereocenters. The van der Waals surface area contributed by atoms with Gasteiger partial charge in [-0.15, -0.1) is 0 Å². The summed E-state index contributed by atoms with van der Waals surface area (Å²) >= 11 is 0. The largest absolute Gasteiger partial charge is 0.490 e. The van der Waals surface area contributed by atoms with E-state index in [1.54, 1.807) is 0 Å². The van der Waals surface area contributed by atoms with Crippen LogP contribution in [0.25, 0.3) is 0 Å². The summed E-state index contributed by atoms with van der Waals surface area (Å²) in [6.07, 6.45) is 2.75. The lowest BCUT2D eigenvalue weighted by Gasteiger charge is -2.17. The van der Waals surface area contributed by atoms with E-state index in [0.717, 1.165) is 34.0 Å². The normalized spacial score (nSPS) is 16.0. The topological polar surface area (TPSA) is 60.4 Å². The van der Waals surface area contributed by atoms with Crippen LogP contribution in [0.2, 0.25) is 0 Å². The highest BCUT2D eigenvalue weighted by atomic mass is 16.5. The van der Waals surface area contributed by atoms with Crippen LogP contribution in [0.15, 0.2) is 28.7 Å². The summed E-state index contributed by atoms with van der Waals surface area (Å²) in [5.74, 6) is 8.56. The monoisotopic (exact) mass is 286 g/mol. The van der Waals surface area contributed by atoms with Crippen LogP contribution in [-0.2, 0) is 0 Å². The minimum atomic E-state index is -0.0718. The Kier molecular flexibility index (Phi) is 3.74. The molecular weight excluding hydrogens is 264 g/mol. The highest BCUT2D eigenvalue weighted by molar-refractivity contribution is 5.41. The number of ether oxygens (including phenoxy) is 1. The average molecular weight is 286 g/mol. The van der Waals surface area contributed by atoms with Gasteiger partial charge in [-0.1, -0.05) is 12.1 Å². The minimum Gasteiger partial charge on any atom is -0.490 e. The molecule has 0 aliphatic heterocycles. The Bertz CT molecular complexity index is 627. The summed E-state index contributed by atoms with van der Waals surface area (Å²) < 4.78 is 11.5. The molecule has 0 radical (unpaired) electrons. The Morgan fingerprint density at radius 3 is 2.29 bits per heavy atom. The van der Waals surface area contributed by atoms with Crippen LogP contribution in [-0.4, -0.2) is 6.10 Å². The van der Waals surface area contributed by atoms with Crippen molar-refractivity contribution in [1.82, 2.24) is 5.43 Å². The van der Waals surface area contributed by atoms with Gasteiger partial charge in [-0.25, -0.2) is 5.43 Å². The first kappa shape index (κ1) is 14.2. The minimum absolute atomic E-state index is 0.0718. The van der Waals surface area contributed by atoms with Gasteiger partial charge in [0.25, 0.3) is 0 Å². The number of hydrogen-bond donors (Lipinski definition) is 2. The van der Waals surface area contributed by atoms with E-state index >= 15 is 0 Å². The molecule has 1 aromatic carbocycles. The van der Waals surface area contributed by atoms with E-state index in [1.807, 2.05) is 26.0 Å². The van der Waals surface area contributed by atoms with Gasteiger partial charge in [-0.05, 0) is 56.9 Å². The van der Waals surface area contributed by atoms with Gasteiger partial charge < -0.3 is 9.15 Å². The number of benzene rings is 1. The molecule has 1 unspecified atom stereocenters. The van der Waals surface area contributed by atoms with Gasteiger partial charge in [-0.3, -0.25) is 5.84 Å². The van der Waals surface area contributed by atoms with Crippen molar-refractivity contribution in [2.45, 2.75) is 45.8 Å². The zero-order chi connectivity index (χ0) is 15.0. The van der Waals surface area contributed by atoms with Crippen LogP contribution >= 0.6 is 0 Å². The Hall–Kier alpha value is -1.78. The molecular formula is C17H22N2O2. The van der Waals surface area contributed by atoms with E-state index in [2.05, 4.69) is 24.5 Å². The third-order valence-electron chi connectivity index (χ3n) is 4.11. The maximum absolute atomic E-state index is 5.79. The smallest absolute Gasteiger partial charge is 0.119 e. The van der Waals surface area contributed by atoms with Gasteiger partial charge in [0.15, 0.2) is 0 Å². The van der Waals surface area contributed by atoms with Crippen molar-refractivity contribution in [3.8, 4) is 5.75 Å². The number of hydrogen-bond acceptors (Lipinski definition) is 4. The van der Waals surface area contributed by atoms with Gasteiger partial charge in [0.2, 0.25) is 0 Å². The molecule has 1 aromatic heterocycles. The number of nitrogens with one attached hydrogen (secondary N) is 1. The van der Waals surface area contributed by atoms with Crippen molar-refractivity contribution in [2.24, 2.45) is 5.84 Å². The van der Waals surface area contributed by atoms with Gasteiger partial charge in [0.05, 0.1) is 12.1 Å². The highest BCUT2D eigenvalue weighted by Crippen LogP contribution is 2.32. The molecule has 0 spiro atoms. The van der Waals surface area contributed by atoms with Crippen LogP contribution in [0, 0.1) is 20.8 Å². The van der Waals surface area contributed by atoms with Crippen molar-refractivity contribution < 1.29 is 9.15 Å². The van der Waals surface area contributed by atoms with Crippen molar-refractivity contribution >= 4 is 0 Å². The van der Waals surface area contributed by atoms with Crippen LogP contribution in [0.1, 0.15) is 47.1 Å². The zero-order valence-corrected chi connectivity index (χ0v) is 12.8. The molecule has 2 aromatic rings. The number of nitrogens with two attached hydrogens (primary N) is 1. The van der Waals surface area contributed by atoms with Crippen molar-refractivity contribution in [3.63, 3.8) is 0 Å². The summed E-state index contributed by atoms with van der Waals surface area (Å²) in [7, 11) is 0. The summed E-state index contributed by atoms with van der Waals surface area (Å²) in [6, 6.07) is 8.07. The molecule has 1 aliphatic carbocycles. The maximum atomic E-state index is 5.79. The number of hydrazine groups is 1. The first-order valence-electron chi connectivity index (χ1n) is 7.39. The summed E-state index contributed by atoms with van der Waals surface area (Å²) in [4.78, 5) is 0. The SMILES string of the molecule is Cc1oc(C)c(C(NN)c2ccc(OC3CC3)cc2)c1C. The van der Waals surface area contributed by atoms with E-state index in [4.69, 9.17) is 15.0 Å². The van der Waals surface area contributed by atoms with Gasteiger partial charge in [0.1, 0.15) is 17.3 Å². The number of furan rings is 1. The predicted octanol–water partition coefficient (Wildman–Crippen LogP) is 3.30. The molecule has 0 saturated heterocycles. The Morgan fingerprint density at radius 1 is 1.14 bits per heavy atom. The van der Waals surface area contributed by atoms with Gasteiger partial charge in [0, 0.05) is 5.56 Å². The molecule has 1 fully saturated rings. The Labute approximate surface area is 125 Å². The van der Waals surface area contributed by atoms with E-state index in [-0.39, 0.29) is 6.04 Å². The van der Waals surface area contributed by atoms with E-state index in [1.165, 1.54) is 12.8 Å². The second-order valence-corrected chi connectivity index (χ2v) is 5.74. The lowest BCUT2D eigenvalue weighted by atomic mass is 9.96. The number of aryl methyl sites for hydroxylation is 2. The standard InChI is InChI=1S/C17H22N2O2/c1-10-11(2)20-12(3)16(10)17(19-18)13-4-6-14(7-5-13)21-15-8-9-15/h4-7,15,17,19H,8-9,18H2,1-3H3. The van der Waals surface area contributed by atoms with Crippen molar-refractivity contribution in [1.29, 1.82) is 0 Å². The Balaban J connectivity index is 1.88. The van der Waals surface area contributed by atoms with Crippen molar-refractivity contribution in [2.75, 3.05) is 0 Å². The second kappa shape index (κ2) is 5.54. The maximum Gasteiger partial charge on any atom is 0.119 e. The average Bonchev–Trinajstić information content (AvgIpc) is 3.24. The lowest BCUT2D eigenvalue weighted by molar-refractivity contribution is 0.303. The van der Waals surface area contributed by atoms with E-state index < -0.39 is 0 Å². The molecule has 21 heavy (non-hydrogen) atoms. The molecule has 1 aliphatic rings. The zero-order valence-electron chi connectivity index (χ0n) is 12.8. The number of rotatable bonds is 5. The Morgan fingerprint density at radius 2 is 1.81 bits per heavy atom. The van der Waals surface area contributed by atoms with Crippen molar-refractivity contribution in [3.05, 3.63) is 52.5 Å². The molecule has 112 valence electrons. The quantitative estimate of drug-likeness (QED) is 0.654. The third kappa shape index (κ3) is 2.82. The van der Waals surface area contributed by atoms with E-state index in [9.17, 15) is 0 Å². The fourth-order valence-corrected chi connectivity index (χ4v) is 2.70. The predicted molar refractivity (Wildman–Crippen MR) is 82.2 cm³/mol. The van der Waals surface area contributed by atoms with Gasteiger partial charge in [-0.2, -0.15) is 0 Å². The fourth-order valence-electron chi connectivity index (χ4n) is 2.70. The molecule has 1 saturated carbocycles. The van der Waals surface area contributed by atoms with Crippen LogP contribution < -0.4 is 16.0 Å². The summed E-state index contributed by atoms with van der Waals surface area (Å²) in [5, 5.41) is 0. The molecule has 0 bridgehead atoms. The van der Waals surface area contributed by atoms with Crippen LogP contribution in [0.3, 0.4) is 0 Å². The second-order valence-electron chi connectivity index (χ2n) is 5.74. The third-order valence-corrected chi connectivity index (χ3v) is 4.11. The highest BCUT2D eigenvalue weighted by Gasteiger charge is 2.24. The first-order valence-corrected chi connectivity index (χ1v) is 7.39. The molecule has 4 heteroatoms. The van der Waals surface area contributed by atoms with Crippen LogP contribution in [0.5, 0.6) is 5.75 Å².